The van der Waals surface area contributed by atoms with E-state index in [1.54, 1.807) is 0 Å². The van der Waals surface area contributed by atoms with Gasteiger partial charge in [-0.2, -0.15) is 0 Å². The van der Waals surface area contributed by atoms with E-state index in [0.29, 0.717) is 12.5 Å². The Kier molecular flexibility index (Phi) is 6.80. The Morgan fingerprint density at radius 1 is 1.42 bits per heavy atom. The van der Waals surface area contributed by atoms with Crippen LogP contribution in [-0.4, -0.2) is 47.7 Å². The maximum absolute atomic E-state index is 11.2. The third kappa shape index (κ3) is 5.91. The average Bonchev–Trinajstić information content (AvgIpc) is 2.33. The van der Waals surface area contributed by atoms with Gasteiger partial charge in [-0.15, -0.1) is 0 Å². The molecule has 0 aromatic heterocycles. The van der Waals surface area contributed by atoms with Gasteiger partial charge in [0.2, 0.25) is 0 Å². The van der Waals surface area contributed by atoms with Crippen LogP contribution in [-0.2, 0) is 4.79 Å². The zero-order valence-corrected chi connectivity index (χ0v) is 12.9. The van der Waals surface area contributed by atoms with E-state index in [0.717, 1.165) is 12.5 Å². The minimum absolute atomic E-state index is 0.209. The smallest absolute Gasteiger partial charge is 0.320 e. The summed E-state index contributed by atoms with van der Waals surface area (Å²) in [6.07, 6.45) is 5.84. The fraction of sp³-hybridized carbons (Fsp3) is 0.933. The van der Waals surface area contributed by atoms with Gasteiger partial charge in [0.1, 0.15) is 6.04 Å². The van der Waals surface area contributed by atoms with Crippen molar-refractivity contribution in [3.05, 3.63) is 0 Å². The largest absolute Gasteiger partial charge is 0.480 e. The first-order valence-corrected chi connectivity index (χ1v) is 7.59. The predicted molar refractivity (Wildman–Crippen MR) is 78.4 cm³/mol. The lowest BCUT2D eigenvalue weighted by atomic mass is 9.86. The summed E-state index contributed by atoms with van der Waals surface area (Å²) < 4.78 is 0. The summed E-state index contributed by atoms with van der Waals surface area (Å²) in [4.78, 5) is 13.5. The maximum Gasteiger partial charge on any atom is 0.320 e. The van der Waals surface area contributed by atoms with Gasteiger partial charge >= 0.3 is 5.97 Å². The third-order valence-electron chi connectivity index (χ3n) is 4.14. The minimum atomic E-state index is -0.737. The van der Waals surface area contributed by atoms with E-state index in [4.69, 9.17) is 0 Å². The first-order chi connectivity index (χ1) is 8.90. The fourth-order valence-electron chi connectivity index (χ4n) is 3.00. The summed E-state index contributed by atoms with van der Waals surface area (Å²) in [7, 11) is 2.14. The Morgan fingerprint density at radius 3 is 2.63 bits per heavy atom. The van der Waals surface area contributed by atoms with E-state index in [9.17, 15) is 9.90 Å². The maximum atomic E-state index is 11.2. The second-order valence-electron chi connectivity index (χ2n) is 6.41. The third-order valence-corrected chi connectivity index (χ3v) is 4.14. The Bertz CT molecular complexity index is 281. The molecule has 112 valence electrons. The number of rotatable bonds is 7. The van der Waals surface area contributed by atoms with E-state index in [1.807, 2.05) is 13.8 Å². The Balaban J connectivity index is 2.38. The summed E-state index contributed by atoms with van der Waals surface area (Å²) >= 11 is 0. The van der Waals surface area contributed by atoms with Crippen LogP contribution in [0, 0.1) is 5.92 Å². The number of hydrogen-bond donors (Lipinski definition) is 2. The van der Waals surface area contributed by atoms with Gasteiger partial charge in [0.05, 0.1) is 0 Å². The number of nitrogens with one attached hydrogen (secondary N) is 1. The molecule has 1 aliphatic rings. The lowest BCUT2D eigenvalue weighted by Gasteiger charge is -2.34. The van der Waals surface area contributed by atoms with Crippen molar-refractivity contribution in [2.24, 2.45) is 5.92 Å². The number of hydrogen-bond acceptors (Lipinski definition) is 3. The lowest BCUT2D eigenvalue weighted by Crippen LogP contribution is -2.44. The highest BCUT2D eigenvalue weighted by atomic mass is 16.4. The Morgan fingerprint density at radius 2 is 2.11 bits per heavy atom. The number of carboxylic acids is 1. The number of nitrogens with zero attached hydrogens (tertiary/aromatic N) is 1. The van der Waals surface area contributed by atoms with Crippen molar-refractivity contribution < 1.29 is 9.90 Å². The highest BCUT2D eigenvalue weighted by molar-refractivity contribution is 5.73. The molecule has 3 unspecified atom stereocenters. The van der Waals surface area contributed by atoms with Crippen molar-refractivity contribution >= 4 is 5.97 Å². The van der Waals surface area contributed by atoms with Crippen molar-refractivity contribution in [2.75, 3.05) is 13.6 Å². The van der Waals surface area contributed by atoms with Gasteiger partial charge in [-0.3, -0.25) is 4.79 Å². The normalized spacial score (nSPS) is 25.8. The van der Waals surface area contributed by atoms with Crippen LogP contribution >= 0.6 is 0 Å². The quantitative estimate of drug-likeness (QED) is 0.745. The van der Waals surface area contributed by atoms with Crippen molar-refractivity contribution in [1.82, 2.24) is 10.2 Å². The van der Waals surface area contributed by atoms with Crippen molar-refractivity contribution in [3.8, 4) is 0 Å². The molecule has 0 amide bonds. The van der Waals surface area contributed by atoms with Gasteiger partial charge in [-0.25, -0.2) is 0 Å². The van der Waals surface area contributed by atoms with Gasteiger partial charge in [0.25, 0.3) is 0 Å². The zero-order valence-electron chi connectivity index (χ0n) is 12.9. The molecule has 1 fully saturated rings. The summed E-state index contributed by atoms with van der Waals surface area (Å²) in [5.74, 6) is 0.0735. The molecule has 0 radical (unpaired) electrons. The molecule has 0 aromatic rings. The standard InChI is InChI=1S/C15H30N2O2/c1-11(2)16-14(15(18)19)8-9-17(4)13-7-5-6-12(3)10-13/h11-14,16H,5-10H2,1-4H3,(H,18,19). The molecule has 0 saturated heterocycles. The Labute approximate surface area is 117 Å². The fourth-order valence-corrected chi connectivity index (χ4v) is 3.00. The molecule has 0 bridgehead atoms. The van der Waals surface area contributed by atoms with Gasteiger partial charge in [0, 0.05) is 18.6 Å². The van der Waals surface area contributed by atoms with Crippen molar-refractivity contribution in [3.63, 3.8) is 0 Å². The van der Waals surface area contributed by atoms with Gasteiger partial charge in [-0.1, -0.05) is 33.6 Å². The summed E-state index contributed by atoms with van der Waals surface area (Å²) in [6.45, 7) is 7.15. The van der Waals surface area contributed by atoms with E-state index < -0.39 is 12.0 Å². The molecular formula is C15H30N2O2. The highest BCUT2D eigenvalue weighted by Crippen LogP contribution is 2.26. The molecule has 1 aliphatic carbocycles. The molecule has 1 rings (SSSR count). The van der Waals surface area contributed by atoms with E-state index in [2.05, 4.69) is 24.2 Å². The molecule has 1 saturated carbocycles. The molecule has 4 heteroatoms. The van der Waals surface area contributed by atoms with E-state index in [-0.39, 0.29) is 6.04 Å². The second-order valence-corrected chi connectivity index (χ2v) is 6.41. The second kappa shape index (κ2) is 7.85. The van der Waals surface area contributed by atoms with Crippen LogP contribution in [0.3, 0.4) is 0 Å². The van der Waals surface area contributed by atoms with Crippen LogP contribution < -0.4 is 5.32 Å². The SMILES string of the molecule is CC1CCCC(N(C)CCC(NC(C)C)C(=O)O)C1. The first-order valence-electron chi connectivity index (χ1n) is 7.59. The Hall–Kier alpha value is -0.610. The van der Waals surface area contributed by atoms with Crippen LogP contribution in [0.1, 0.15) is 52.9 Å². The number of carbonyl (C=O) groups is 1. The summed E-state index contributed by atoms with van der Waals surface area (Å²) in [6, 6.07) is 0.418. The molecule has 3 atom stereocenters. The van der Waals surface area contributed by atoms with Crippen LogP contribution in [0.15, 0.2) is 0 Å². The molecule has 0 spiro atoms. The highest BCUT2D eigenvalue weighted by Gasteiger charge is 2.24. The monoisotopic (exact) mass is 270 g/mol. The lowest BCUT2D eigenvalue weighted by molar-refractivity contribution is -0.140. The van der Waals surface area contributed by atoms with E-state index in [1.165, 1.54) is 25.7 Å². The van der Waals surface area contributed by atoms with Crippen molar-refractivity contribution in [2.45, 2.75) is 71.0 Å². The molecule has 19 heavy (non-hydrogen) atoms. The summed E-state index contributed by atoms with van der Waals surface area (Å²) in [5, 5.41) is 12.3. The molecule has 0 aromatic carbocycles. The molecule has 4 nitrogen and oxygen atoms in total. The molecule has 2 N–H and O–H groups in total. The van der Waals surface area contributed by atoms with Gasteiger partial charge in [-0.05, 0) is 32.2 Å². The van der Waals surface area contributed by atoms with Crippen LogP contribution in [0.4, 0.5) is 0 Å². The zero-order chi connectivity index (χ0) is 14.4. The predicted octanol–water partition coefficient (Wildman–Crippen LogP) is 2.34. The number of aliphatic carboxylic acids is 1. The molecular weight excluding hydrogens is 240 g/mol. The van der Waals surface area contributed by atoms with Crippen molar-refractivity contribution in [1.29, 1.82) is 0 Å². The van der Waals surface area contributed by atoms with E-state index >= 15 is 0 Å². The van der Waals surface area contributed by atoms with Gasteiger partial charge in [0.15, 0.2) is 0 Å². The minimum Gasteiger partial charge on any atom is -0.480 e. The number of carboxylic acid groups (broad SMARTS) is 1. The van der Waals surface area contributed by atoms with Crippen LogP contribution in [0.2, 0.25) is 0 Å². The molecule has 0 aliphatic heterocycles. The topological polar surface area (TPSA) is 52.6 Å². The molecule has 0 heterocycles. The summed E-state index contributed by atoms with van der Waals surface area (Å²) in [5.41, 5.74) is 0. The average molecular weight is 270 g/mol. The van der Waals surface area contributed by atoms with Crippen LogP contribution in [0.5, 0.6) is 0 Å². The first kappa shape index (κ1) is 16.4. The van der Waals surface area contributed by atoms with Gasteiger partial charge < -0.3 is 15.3 Å². The van der Waals surface area contributed by atoms with Crippen LogP contribution in [0.25, 0.3) is 0 Å².